The highest BCUT2D eigenvalue weighted by Gasteiger charge is 2.43. The van der Waals surface area contributed by atoms with E-state index in [9.17, 15) is 8.42 Å². The summed E-state index contributed by atoms with van der Waals surface area (Å²) in [6.45, 7) is 0.620. The monoisotopic (exact) mass is 303 g/mol. The highest BCUT2D eigenvalue weighted by atomic mass is 35.5. The van der Waals surface area contributed by atoms with Crippen molar-refractivity contribution in [2.45, 2.75) is 49.1 Å². The zero-order valence-corrected chi connectivity index (χ0v) is 12.3. The van der Waals surface area contributed by atoms with E-state index in [2.05, 4.69) is 0 Å². The summed E-state index contributed by atoms with van der Waals surface area (Å²) in [5.74, 6) is 1.23. The zero-order valence-electron chi connectivity index (χ0n) is 10.7. The molecule has 4 nitrogen and oxygen atoms in total. The third-order valence-electron chi connectivity index (χ3n) is 4.29. The predicted octanol–water partition coefficient (Wildman–Crippen LogP) is 2.97. The number of halogens is 1. The van der Waals surface area contributed by atoms with Crippen molar-refractivity contribution in [1.29, 1.82) is 0 Å². The fraction of sp³-hybridized carbons (Fsp3) is 0.692. The topological polar surface area (TPSA) is 50.5 Å². The smallest absolute Gasteiger partial charge is 0.276 e. The number of fused-ring (bicyclic) bond motifs is 1. The molecule has 1 aromatic heterocycles. The lowest BCUT2D eigenvalue weighted by atomic mass is 9.86. The number of hydrogen-bond donors (Lipinski definition) is 0. The first-order valence-electron chi connectivity index (χ1n) is 6.79. The van der Waals surface area contributed by atoms with Gasteiger partial charge in [0.2, 0.25) is 5.09 Å². The van der Waals surface area contributed by atoms with Gasteiger partial charge in [-0.3, -0.25) is 0 Å². The van der Waals surface area contributed by atoms with Crippen molar-refractivity contribution in [3.8, 4) is 0 Å². The van der Waals surface area contributed by atoms with Crippen molar-refractivity contribution < 1.29 is 12.8 Å². The van der Waals surface area contributed by atoms with Crippen molar-refractivity contribution >= 4 is 21.6 Å². The van der Waals surface area contributed by atoms with Crippen LogP contribution in [0.15, 0.2) is 21.6 Å². The second kappa shape index (κ2) is 5.11. The maximum atomic E-state index is 12.6. The molecule has 6 heteroatoms. The van der Waals surface area contributed by atoms with Gasteiger partial charge in [-0.15, -0.1) is 11.6 Å². The largest absolute Gasteiger partial charge is 0.447 e. The molecular weight excluding hydrogens is 286 g/mol. The van der Waals surface area contributed by atoms with Crippen molar-refractivity contribution in [2.75, 3.05) is 6.54 Å². The van der Waals surface area contributed by atoms with Crippen molar-refractivity contribution in [3.63, 3.8) is 0 Å². The standard InChI is InChI=1S/C13H18ClNO3S/c14-9-11-5-6-13(18-11)19(16,17)15-8-7-10-3-1-2-4-12(10)15/h5-6,10,12H,1-4,7-9H2. The minimum Gasteiger partial charge on any atom is -0.447 e. The van der Waals surface area contributed by atoms with Gasteiger partial charge in [0.1, 0.15) is 5.76 Å². The Morgan fingerprint density at radius 1 is 1.26 bits per heavy atom. The summed E-state index contributed by atoms with van der Waals surface area (Å²) < 4.78 is 32.2. The summed E-state index contributed by atoms with van der Waals surface area (Å²) in [5, 5.41) is 0.0365. The fourth-order valence-corrected chi connectivity index (χ4v) is 5.15. The van der Waals surface area contributed by atoms with Crippen LogP contribution in [0.4, 0.5) is 0 Å². The van der Waals surface area contributed by atoms with Gasteiger partial charge < -0.3 is 4.42 Å². The Bertz CT molecular complexity index is 554. The van der Waals surface area contributed by atoms with Gasteiger partial charge in [0.15, 0.2) is 0 Å². The predicted molar refractivity (Wildman–Crippen MR) is 72.5 cm³/mol. The van der Waals surface area contributed by atoms with Crippen LogP contribution in [-0.2, 0) is 15.9 Å². The van der Waals surface area contributed by atoms with Crippen LogP contribution in [0, 0.1) is 5.92 Å². The van der Waals surface area contributed by atoms with Crippen LogP contribution in [-0.4, -0.2) is 25.3 Å². The quantitative estimate of drug-likeness (QED) is 0.807. The molecule has 0 amide bonds. The highest BCUT2D eigenvalue weighted by Crippen LogP contribution is 2.39. The van der Waals surface area contributed by atoms with Gasteiger partial charge in [0.25, 0.3) is 10.0 Å². The van der Waals surface area contributed by atoms with E-state index in [0.717, 1.165) is 25.7 Å². The summed E-state index contributed by atoms with van der Waals surface area (Å²) in [5.41, 5.74) is 0. The zero-order chi connectivity index (χ0) is 13.5. The minimum absolute atomic E-state index is 0.0365. The average Bonchev–Trinajstić information content (AvgIpc) is 3.06. The van der Waals surface area contributed by atoms with Crippen LogP contribution in [0.25, 0.3) is 0 Å². The minimum atomic E-state index is -3.49. The van der Waals surface area contributed by atoms with Gasteiger partial charge in [0.05, 0.1) is 5.88 Å². The molecule has 1 saturated heterocycles. The van der Waals surface area contributed by atoms with Crippen LogP contribution in [0.2, 0.25) is 0 Å². The number of nitrogens with zero attached hydrogens (tertiary/aromatic N) is 1. The molecule has 106 valence electrons. The number of sulfonamides is 1. The van der Waals surface area contributed by atoms with Gasteiger partial charge >= 0.3 is 0 Å². The lowest BCUT2D eigenvalue weighted by Gasteiger charge is -2.30. The van der Waals surface area contributed by atoms with Crippen LogP contribution >= 0.6 is 11.6 Å². The molecule has 3 rings (SSSR count). The van der Waals surface area contributed by atoms with Crippen LogP contribution in [0.3, 0.4) is 0 Å². The van der Waals surface area contributed by atoms with E-state index < -0.39 is 10.0 Å². The Morgan fingerprint density at radius 3 is 2.79 bits per heavy atom. The molecule has 0 radical (unpaired) electrons. The van der Waals surface area contributed by atoms with E-state index in [-0.39, 0.29) is 17.0 Å². The molecule has 1 aliphatic heterocycles. The number of furan rings is 1. The number of hydrogen-bond acceptors (Lipinski definition) is 3. The van der Waals surface area contributed by atoms with E-state index in [0.29, 0.717) is 18.2 Å². The Hall–Kier alpha value is -0.520. The molecular formula is C13H18ClNO3S. The van der Waals surface area contributed by atoms with Gasteiger partial charge in [0, 0.05) is 12.6 Å². The lowest BCUT2D eigenvalue weighted by molar-refractivity contribution is 0.256. The third kappa shape index (κ3) is 2.32. The van der Waals surface area contributed by atoms with Crippen LogP contribution < -0.4 is 0 Å². The first-order chi connectivity index (χ1) is 9.13. The summed E-state index contributed by atoms with van der Waals surface area (Å²) in [6.07, 6.45) is 5.46. The lowest BCUT2D eigenvalue weighted by Crippen LogP contribution is -2.39. The number of rotatable bonds is 3. The SMILES string of the molecule is O=S(=O)(c1ccc(CCl)o1)N1CCC2CCCCC21. The van der Waals surface area contributed by atoms with E-state index >= 15 is 0 Å². The molecule has 1 saturated carbocycles. The molecule has 2 atom stereocenters. The van der Waals surface area contributed by atoms with Crippen LogP contribution in [0.1, 0.15) is 37.9 Å². The summed E-state index contributed by atoms with van der Waals surface area (Å²) in [4.78, 5) is 0. The molecule has 1 aliphatic carbocycles. The second-order valence-corrected chi connectivity index (χ2v) is 7.46. The summed E-state index contributed by atoms with van der Waals surface area (Å²) in [7, 11) is -3.49. The molecule has 19 heavy (non-hydrogen) atoms. The Morgan fingerprint density at radius 2 is 2.05 bits per heavy atom. The Kier molecular flexibility index (Phi) is 3.62. The van der Waals surface area contributed by atoms with Crippen LogP contribution in [0.5, 0.6) is 0 Å². The molecule has 0 aromatic carbocycles. The van der Waals surface area contributed by atoms with Gasteiger partial charge in [-0.1, -0.05) is 12.8 Å². The van der Waals surface area contributed by atoms with E-state index in [1.54, 1.807) is 10.4 Å². The summed E-state index contributed by atoms with van der Waals surface area (Å²) in [6, 6.07) is 3.32. The van der Waals surface area contributed by atoms with E-state index in [1.807, 2.05) is 0 Å². The molecule has 0 bridgehead atoms. The average molecular weight is 304 g/mol. The number of alkyl halides is 1. The first kappa shape index (κ1) is 13.5. The molecule has 0 N–H and O–H groups in total. The van der Waals surface area contributed by atoms with E-state index in [1.165, 1.54) is 12.5 Å². The molecule has 2 heterocycles. The maximum Gasteiger partial charge on any atom is 0.276 e. The third-order valence-corrected chi connectivity index (χ3v) is 6.35. The fourth-order valence-electron chi connectivity index (χ4n) is 3.35. The highest BCUT2D eigenvalue weighted by molar-refractivity contribution is 7.89. The molecule has 2 fully saturated rings. The Balaban J connectivity index is 1.88. The van der Waals surface area contributed by atoms with Gasteiger partial charge in [-0.25, -0.2) is 8.42 Å². The Labute approximate surface area is 118 Å². The summed E-state index contributed by atoms with van der Waals surface area (Å²) >= 11 is 5.66. The van der Waals surface area contributed by atoms with E-state index in [4.69, 9.17) is 16.0 Å². The van der Waals surface area contributed by atoms with Crippen molar-refractivity contribution in [3.05, 3.63) is 17.9 Å². The molecule has 2 unspecified atom stereocenters. The second-order valence-electron chi connectivity index (χ2n) is 5.37. The van der Waals surface area contributed by atoms with Gasteiger partial charge in [-0.2, -0.15) is 4.31 Å². The molecule has 2 aliphatic rings. The normalized spacial score (nSPS) is 28.5. The molecule has 0 spiro atoms. The van der Waals surface area contributed by atoms with Crippen molar-refractivity contribution in [1.82, 2.24) is 4.31 Å². The van der Waals surface area contributed by atoms with Gasteiger partial charge in [-0.05, 0) is 37.3 Å². The molecule has 1 aromatic rings. The van der Waals surface area contributed by atoms with Crippen molar-refractivity contribution in [2.24, 2.45) is 5.92 Å². The maximum absolute atomic E-state index is 12.6. The first-order valence-corrected chi connectivity index (χ1v) is 8.77.